The summed E-state index contributed by atoms with van der Waals surface area (Å²) in [5.74, 6) is -0.173. The smallest absolute Gasteiger partial charge is 0.415 e. The van der Waals surface area contributed by atoms with Gasteiger partial charge in [0.1, 0.15) is 17.1 Å². The van der Waals surface area contributed by atoms with Crippen molar-refractivity contribution in [2.45, 2.75) is 64.9 Å². The van der Waals surface area contributed by atoms with Crippen LogP contribution in [0.5, 0.6) is 11.5 Å². The average Bonchev–Trinajstić information content (AvgIpc) is 3.11. The zero-order chi connectivity index (χ0) is 41.6. The number of nitrogens with two attached hydrogens (primary N) is 1. The largest absolute Gasteiger partial charge is 0.481 e. The molecule has 1 radical (unpaired) electrons. The molecule has 305 valence electrons. The Morgan fingerprint density at radius 2 is 1.24 bits per heavy atom. The van der Waals surface area contributed by atoms with E-state index in [1.54, 1.807) is 51.1 Å². The lowest BCUT2D eigenvalue weighted by molar-refractivity contribution is -0.155. The Balaban J connectivity index is 0.000000568. The predicted octanol–water partition coefficient (Wildman–Crippen LogP) is 6.28. The van der Waals surface area contributed by atoms with Crippen LogP contribution in [0.3, 0.4) is 0 Å². The molecule has 2 aromatic carbocycles. The van der Waals surface area contributed by atoms with Gasteiger partial charge in [-0.1, -0.05) is 12.1 Å². The first-order chi connectivity index (χ1) is 26.0. The molecule has 0 fully saturated rings. The summed E-state index contributed by atoms with van der Waals surface area (Å²) in [5.41, 5.74) is 8.46. The maximum absolute atomic E-state index is 12.5. The number of carbonyl (C=O) groups is 5. The summed E-state index contributed by atoms with van der Waals surface area (Å²) in [6.45, 7) is 11.0. The van der Waals surface area contributed by atoms with Crippen molar-refractivity contribution in [3.8, 4) is 11.5 Å². The summed E-state index contributed by atoms with van der Waals surface area (Å²) >= 11 is 22.8. The van der Waals surface area contributed by atoms with Gasteiger partial charge in [0.25, 0.3) is 7.41 Å². The molecule has 2 rings (SSSR count). The fourth-order valence-electron chi connectivity index (χ4n) is 5.24. The van der Waals surface area contributed by atoms with Crippen molar-refractivity contribution < 1.29 is 43.3 Å². The summed E-state index contributed by atoms with van der Waals surface area (Å²) in [6, 6.07) is 10.3. The van der Waals surface area contributed by atoms with Crippen molar-refractivity contribution in [1.29, 1.82) is 0 Å². The topological polar surface area (TPSA) is 178 Å². The van der Waals surface area contributed by atoms with E-state index in [1.165, 1.54) is 17.2 Å². The lowest BCUT2D eigenvalue weighted by Crippen LogP contribution is -2.36. The fourth-order valence-corrected chi connectivity index (χ4v) is 6.05. The summed E-state index contributed by atoms with van der Waals surface area (Å²) in [5, 5.41) is 11.9. The molecular formula is C37H52BCl4N4O9. The van der Waals surface area contributed by atoms with Crippen molar-refractivity contribution in [3.63, 3.8) is 0 Å². The van der Waals surface area contributed by atoms with Gasteiger partial charge in [-0.3, -0.25) is 9.59 Å². The third-order valence-electron chi connectivity index (χ3n) is 7.81. The van der Waals surface area contributed by atoms with Crippen LogP contribution in [0.4, 0.5) is 9.59 Å². The highest BCUT2D eigenvalue weighted by Crippen LogP contribution is 2.29. The van der Waals surface area contributed by atoms with E-state index in [4.69, 9.17) is 71.5 Å². The Hall–Kier alpha value is -3.27. The first-order valence-corrected chi connectivity index (χ1v) is 19.7. The van der Waals surface area contributed by atoms with Crippen LogP contribution in [0, 0.1) is 13.8 Å². The minimum absolute atomic E-state index is 0.0840. The van der Waals surface area contributed by atoms with Gasteiger partial charge in [0.15, 0.2) is 0 Å². The molecule has 13 nitrogen and oxygen atoms in total. The van der Waals surface area contributed by atoms with E-state index in [1.807, 2.05) is 19.9 Å². The molecule has 0 aliphatic carbocycles. The Labute approximate surface area is 344 Å². The van der Waals surface area contributed by atoms with Gasteiger partial charge in [0, 0.05) is 61.5 Å². The van der Waals surface area contributed by atoms with Crippen molar-refractivity contribution in [1.82, 2.24) is 15.0 Å². The van der Waals surface area contributed by atoms with Crippen LogP contribution in [0.15, 0.2) is 36.4 Å². The lowest BCUT2D eigenvalue weighted by Gasteiger charge is -2.24. The highest BCUT2D eigenvalue weighted by molar-refractivity contribution is 6.64. The number of halogens is 4. The van der Waals surface area contributed by atoms with Crippen LogP contribution < -0.4 is 20.4 Å². The Morgan fingerprint density at radius 3 is 1.60 bits per heavy atom. The SMILES string of the molecule is Cc1ccc(OC(=O)N(CCCl)CCCl)cc1C(CN)CC(=O)O.Cc1ccc(OC(=O)N(CCCl)CCCl)cc1C(CN[B]C=O)CC(=O)OC(C)(C)C. The van der Waals surface area contributed by atoms with Crippen molar-refractivity contribution in [3.05, 3.63) is 58.7 Å². The summed E-state index contributed by atoms with van der Waals surface area (Å²) in [7, 11) is 1.28. The highest BCUT2D eigenvalue weighted by atomic mass is 35.5. The number of amides is 2. The zero-order valence-electron chi connectivity index (χ0n) is 32.0. The van der Waals surface area contributed by atoms with E-state index in [0.717, 1.165) is 22.3 Å². The molecule has 2 unspecified atom stereocenters. The van der Waals surface area contributed by atoms with Crippen molar-refractivity contribution in [2.24, 2.45) is 5.73 Å². The van der Waals surface area contributed by atoms with Gasteiger partial charge in [-0.15, -0.1) is 46.4 Å². The van der Waals surface area contributed by atoms with E-state index < -0.39 is 23.8 Å². The van der Waals surface area contributed by atoms with Gasteiger partial charge in [0.2, 0.25) is 0 Å². The molecule has 0 saturated carbocycles. The normalized spacial score (nSPS) is 12.0. The van der Waals surface area contributed by atoms with Crippen molar-refractivity contribution in [2.75, 3.05) is 62.8 Å². The molecule has 2 aromatic rings. The molecule has 0 aliphatic heterocycles. The van der Waals surface area contributed by atoms with Crippen LogP contribution in [-0.2, 0) is 19.1 Å². The highest BCUT2D eigenvalue weighted by Gasteiger charge is 2.24. The number of hydrogen-bond acceptors (Lipinski definition) is 10. The van der Waals surface area contributed by atoms with E-state index in [2.05, 4.69) is 5.23 Å². The number of benzene rings is 2. The molecule has 55 heavy (non-hydrogen) atoms. The van der Waals surface area contributed by atoms with Gasteiger partial charge < -0.3 is 44.9 Å². The summed E-state index contributed by atoms with van der Waals surface area (Å²) < 4.78 is 16.3. The first-order valence-electron chi connectivity index (χ1n) is 17.6. The van der Waals surface area contributed by atoms with Gasteiger partial charge >= 0.3 is 24.1 Å². The molecule has 18 heteroatoms. The number of esters is 1. The number of hydrogen-bond donors (Lipinski definition) is 3. The quantitative estimate of drug-likeness (QED) is 0.0424. The first kappa shape index (κ1) is 49.8. The van der Waals surface area contributed by atoms with Crippen molar-refractivity contribution >= 4 is 84.1 Å². The summed E-state index contributed by atoms with van der Waals surface area (Å²) in [6.07, 6.45) is -0.447. The minimum Gasteiger partial charge on any atom is -0.481 e. The third-order valence-corrected chi connectivity index (χ3v) is 8.49. The zero-order valence-corrected chi connectivity index (χ0v) is 35.0. The van der Waals surface area contributed by atoms with Gasteiger partial charge in [0.05, 0.1) is 19.0 Å². The van der Waals surface area contributed by atoms with E-state index in [9.17, 15) is 24.0 Å². The van der Waals surface area contributed by atoms with Crippen LogP contribution in [0.1, 0.15) is 67.7 Å². The standard InChI is InChI=1S/C21H30BCl2N2O5.C16H22Cl2N2O4/c1-15-5-6-17(30-20(29)26(9-7-23)10-8-24)12-18(15)16(13-25-22-14-27)11-19(28)31-21(2,3)4;1-11-2-3-13(9-14(11)12(10-19)8-15(21)22)24-16(23)20(6-4-17)7-5-18/h5-6,12,14,16,25H,7-11,13H2,1-4H3;2-3,9,12H,4-8,10,19H2,1H3,(H,21,22). The molecule has 0 aromatic heterocycles. The Morgan fingerprint density at radius 1 is 0.800 bits per heavy atom. The average molecular weight is 849 g/mol. The second-order valence-electron chi connectivity index (χ2n) is 13.2. The third kappa shape index (κ3) is 19.4. The van der Waals surface area contributed by atoms with Gasteiger partial charge in [-0.05, 0) is 94.2 Å². The number of ether oxygens (including phenoxy) is 3. The number of nitrogens with one attached hydrogen (secondary N) is 1. The molecule has 4 N–H and O–H groups in total. The van der Waals surface area contributed by atoms with Gasteiger partial charge in [-0.25, -0.2) is 9.59 Å². The molecule has 0 aliphatic rings. The lowest BCUT2D eigenvalue weighted by atomic mass is 9.89. The van der Waals surface area contributed by atoms with E-state index in [-0.39, 0.29) is 60.7 Å². The molecule has 2 atom stereocenters. The van der Waals surface area contributed by atoms with Crippen LogP contribution in [-0.4, -0.2) is 121 Å². The van der Waals surface area contributed by atoms with Crippen LogP contribution >= 0.6 is 46.4 Å². The molecule has 0 bridgehead atoms. The van der Waals surface area contributed by atoms with E-state index in [0.29, 0.717) is 50.4 Å². The minimum atomic E-state index is -0.928. The number of aliphatic carboxylic acids is 1. The molecule has 2 amide bonds. The Bertz CT molecular complexity index is 1520. The second-order valence-corrected chi connectivity index (χ2v) is 14.7. The number of carboxylic acid groups (broad SMARTS) is 1. The summed E-state index contributed by atoms with van der Waals surface area (Å²) in [4.78, 5) is 61.5. The van der Waals surface area contributed by atoms with Crippen LogP contribution in [0.2, 0.25) is 0 Å². The monoisotopic (exact) mass is 847 g/mol. The maximum atomic E-state index is 12.5. The van der Waals surface area contributed by atoms with Crippen LogP contribution in [0.25, 0.3) is 0 Å². The second kappa shape index (κ2) is 26.6. The van der Waals surface area contributed by atoms with E-state index >= 15 is 0 Å². The maximum Gasteiger partial charge on any atom is 0.415 e. The number of nitrogens with zero attached hydrogens (tertiary/aromatic N) is 2. The number of carbonyl (C=O) groups excluding carboxylic acids is 4. The molecule has 0 saturated heterocycles. The predicted molar refractivity (Wildman–Crippen MR) is 218 cm³/mol. The number of aryl methyl sites for hydroxylation is 2. The number of carboxylic acids is 1. The number of rotatable bonds is 21. The molecular weight excluding hydrogens is 797 g/mol. The fraction of sp³-hybridized carbons (Fsp3) is 0.541. The number of alkyl halides is 4. The molecule has 0 heterocycles. The molecule has 0 spiro atoms. The van der Waals surface area contributed by atoms with Gasteiger partial charge in [-0.2, -0.15) is 0 Å². The Kier molecular flexibility index (Phi) is 24.0.